The summed E-state index contributed by atoms with van der Waals surface area (Å²) in [6, 6.07) is 15.4. The molecule has 0 aliphatic carbocycles. The van der Waals surface area contributed by atoms with Gasteiger partial charge in [0.25, 0.3) is 0 Å². The third-order valence-corrected chi connectivity index (χ3v) is 4.87. The Kier molecular flexibility index (Phi) is 6.39. The first-order valence-corrected chi connectivity index (χ1v) is 9.11. The Morgan fingerprint density at radius 3 is 1.68 bits per heavy atom. The highest BCUT2D eigenvalue weighted by atomic mass is 79.9. The zero-order valence-electron chi connectivity index (χ0n) is 13.9. The Hall–Kier alpha value is -1.50. The molecule has 134 valence electrons. The fourth-order valence-electron chi connectivity index (χ4n) is 2.99. The molecule has 0 atom stereocenters. The normalized spacial score (nSPS) is 16.3. The molecule has 0 radical (unpaired) electrons. The van der Waals surface area contributed by atoms with Crippen molar-refractivity contribution in [3.05, 3.63) is 64.1 Å². The molecule has 0 aromatic heterocycles. The Bertz CT molecular complexity index is 656. The second-order valence-electron chi connectivity index (χ2n) is 6.20. The molecular formula is C19H21BrF2N2O. The van der Waals surface area contributed by atoms with Crippen LogP contribution in [0.4, 0.5) is 8.78 Å². The van der Waals surface area contributed by atoms with E-state index in [1.54, 1.807) is 12.1 Å². The van der Waals surface area contributed by atoms with Crippen molar-refractivity contribution in [3.63, 3.8) is 0 Å². The lowest BCUT2D eigenvalue weighted by Gasteiger charge is -2.34. The van der Waals surface area contributed by atoms with Crippen LogP contribution in [-0.2, 0) is 13.1 Å². The third-order valence-electron chi connectivity index (χ3n) is 4.34. The summed E-state index contributed by atoms with van der Waals surface area (Å²) in [4.78, 5) is 4.85. The molecule has 1 heterocycles. The first-order chi connectivity index (χ1) is 12.1. The van der Waals surface area contributed by atoms with Gasteiger partial charge in [-0.15, -0.1) is 0 Å². The van der Waals surface area contributed by atoms with E-state index in [1.807, 2.05) is 12.1 Å². The summed E-state index contributed by atoms with van der Waals surface area (Å²) in [7, 11) is 0. The molecule has 1 saturated heterocycles. The minimum Gasteiger partial charge on any atom is -0.435 e. The minimum atomic E-state index is -2.77. The van der Waals surface area contributed by atoms with Crippen LogP contribution < -0.4 is 4.74 Å². The maximum atomic E-state index is 12.2. The molecular weight excluding hydrogens is 390 g/mol. The van der Waals surface area contributed by atoms with Crippen LogP contribution in [0, 0.1) is 0 Å². The van der Waals surface area contributed by atoms with Gasteiger partial charge in [-0.2, -0.15) is 8.78 Å². The summed E-state index contributed by atoms with van der Waals surface area (Å²) in [5, 5.41) is 0. The molecule has 1 aliphatic heterocycles. The molecule has 3 rings (SSSR count). The number of nitrogens with zero attached hydrogens (tertiary/aromatic N) is 2. The fraction of sp³-hybridized carbons (Fsp3) is 0.368. The highest BCUT2D eigenvalue weighted by Gasteiger charge is 2.17. The number of hydrogen-bond donors (Lipinski definition) is 0. The molecule has 0 N–H and O–H groups in total. The Labute approximate surface area is 155 Å². The molecule has 2 aromatic rings. The van der Waals surface area contributed by atoms with Crippen molar-refractivity contribution in [1.29, 1.82) is 0 Å². The molecule has 0 spiro atoms. The topological polar surface area (TPSA) is 15.7 Å². The van der Waals surface area contributed by atoms with Crippen molar-refractivity contribution in [3.8, 4) is 5.75 Å². The van der Waals surface area contributed by atoms with E-state index in [2.05, 4.69) is 54.7 Å². The minimum absolute atomic E-state index is 0.207. The summed E-state index contributed by atoms with van der Waals surface area (Å²) < 4.78 is 29.8. The van der Waals surface area contributed by atoms with Gasteiger partial charge < -0.3 is 4.74 Å². The van der Waals surface area contributed by atoms with Gasteiger partial charge in [-0.25, -0.2) is 0 Å². The smallest absolute Gasteiger partial charge is 0.387 e. The van der Waals surface area contributed by atoms with Crippen LogP contribution in [0.25, 0.3) is 0 Å². The van der Waals surface area contributed by atoms with Crippen molar-refractivity contribution >= 4 is 15.9 Å². The predicted molar refractivity (Wildman–Crippen MR) is 97.8 cm³/mol. The first-order valence-electron chi connectivity index (χ1n) is 8.31. The van der Waals surface area contributed by atoms with Crippen LogP contribution in [0.1, 0.15) is 11.1 Å². The lowest BCUT2D eigenvalue weighted by atomic mass is 10.1. The van der Waals surface area contributed by atoms with E-state index in [0.29, 0.717) is 0 Å². The van der Waals surface area contributed by atoms with E-state index in [1.165, 1.54) is 5.56 Å². The van der Waals surface area contributed by atoms with Crippen molar-refractivity contribution in [2.75, 3.05) is 26.2 Å². The van der Waals surface area contributed by atoms with E-state index in [9.17, 15) is 8.78 Å². The molecule has 2 aromatic carbocycles. The summed E-state index contributed by atoms with van der Waals surface area (Å²) in [6.07, 6.45) is 0. The van der Waals surface area contributed by atoms with Crippen LogP contribution >= 0.6 is 15.9 Å². The van der Waals surface area contributed by atoms with E-state index >= 15 is 0 Å². The number of rotatable bonds is 6. The standard InChI is InChI=1S/C19H21BrF2N2O/c20-17-5-1-15(2-6-17)13-23-9-11-24(12-10-23)14-16-3-7-18(8-4-16)25-19(21)22/h1-8,19H,9-14H2. The summed E-state index contributed by atoms with van der Waals surface area (Å²) in [6.45, 7) is 3.11. The molecule has 0 amide bonds. The van der Waals surface area contributed by atoms with Crippen LogP contribution in [0.5, 0.6) is 5.75 Å². The molecule has 0 unspecified atom stereocenters. The van der Waals surface area contributed by atoms with Gasteiger partial charge in [0.1, 0.15) is 5.75 Å². The van der Waals surface area contributed by atoms with Crippen LogP contribution in [0.3, 0.4) is 0 Å². The summed E-state index contributed by atoms with van der Waals surface area (Å²) >= 11 is 3.46. The molecule has 0 bridgehead atoms. The number of benzene rings is 2. The van der Waals surface area contributed by atoms with E-state index in [4.69, 9.17) is 0 Å². The average molecular weight is 411 g/mol. The summed E-state index contributed by atoms with van der Waals surface area (Å²) in [5.41, 5.74) is 2.44. The number of hydrogen-bond acceptors (Lipinski definition) is 3. The molecule has 0 saturated carbocycles. The van der Waals surface area contributed by atoms with Gasteiger partial charge in [0.2, 0.25) is 0 Å². The lowest BCUT2D eigenvalue weighted by molar-refractivity contribution is -0.0498. The molecule has 1 aliphatic rings. The van der Waals surface area contributed by atoms with Gasteiger partial charge in [0.15, 0.2) is 0 Å². The van der Waals surface area contributed by atoms with Crippen molar-refractivity contribution in [2.45, 2.75) is 19.7 Å². The van der Waals surface area contributed by atoms with Gasteiger partial charge in [-0.05, 0) is 35.4 Å². The van der Waals surface area contributed by atoms with Crippen LogP contribution in [0.15, 0.2) is 53.0 Å². The third kappa shape index (κ3) is 5.76. The average Bonchev–Trinajstić information content (AvgIpc) is 2.60. The predicted octanol–water partition coefficient (Wildman–Crippen LogP) is 4.37. The van der Waals surface area contributed by atoms with Crippen LogP contribution in [0.2, 0.25) is 0 Å². The largest absolute Gasteiger partial charge is 0.435 e. The Balaban J connectivity index is 1.45. The zero-order chi connectivity index (χ0) is 17.6. The van der Waals surface area contributed by atoms with Gasteiger partial charge in [-0.1, -0.05) is 40.2 Å². The fourth-order valence-corrected chi connectivity index (χ4v) is 3.25. The molecule has 25 heavy (non-hydrogen) atoms. The lowest BCUT2D eigenvalue weighted by Crippen LogP contribution is -2.45. The zero-order valence-corrected chi connectivity index (χ0v) is 15.5. The monoisotopic (exact) mass is 410 g/mol. The van der Waals surface area contributed by atoms with Gasteiger partial charge in [-0.3, -0.25) is 9.80 Å². The van der Waals surface area contributed by atoms with E-state index in [0.717, 1.165) is 49.3 Å². The maximum absolute atomic E-state index is 12.2. The first kappa shape index (κ1) is 18.3. The van der Waals surface area contributed by atoms with Crippen molar-refractivity contribution in [1.82, 2.24) is 9.80 Å². The van der Waals surface area contributed by atoms with Crippen molar-refractivity contribution in [2.24, 2.45) is 0 Å². The highest BCUT2D eigenvalue weighted by molar-refractivity contribution is 9.10. The number of halogens is 3. The molecule has 3 nitrogen and oxygen atoms in total. The number of ether oxygens (including phenoxy) is 1. The van der Waals surface area contributed by atoms with Gasteiger partial charge in [0.05, 0.1) is 0 Å². The number of alkyl halides is 2. The second kappa shape index (κ2) is 8.74. The molecule has 6 heteroatoms. The Morgan fingerprint density at radius 2 is 1.24 bits per heavy atom. The quantitative estimate of drug-likeness (QED) is 0.702. The summed E-state index contributed by atoms with van der Waals surface area (Å²) in [5.74, 6) is 0.207. The van der Waals surface area contributed by atoms with E-state index in [-0.39, 0.29) is 5.75 Å². The van der Waals surface area contributed by atoms with Crippen molar-refractivity contribution < 1.29 is 13.5 Å². The SMILES string of the molecule is FC(F)Oc1ccc(CN2CCN(Cc3ccc(Br)cc3)CC2)cc1. The van der Waals surface area contributed by atoms with Gasteiger partial charge in [0, 0.05) is 43.7 Å². The Morgan fingerprint density at radius 1 is 0.800 bits per heavy atom. The second-order valence-corrected chi connectivity index (χ2v) is 7.12. The van der Waals surface area contributed by atoms with Crippen LogP contribution in [-0.4, -0.2) is 42.6 Å². The maximum Gasteiger partial charge on any atom is 0.387 e. The number of piperazine rings is 1. The highest BCUT2D eigenvalue weighted by Crippen LogP contribution is 2.17. The van der Waals surface area contributed by atoms with Gasteiger partial charge >= 0.3 is 6.61 Å². The molecule has 1 fully saturated rings. The van der Waals surface area contributed by atoms with E-state index < -0.39 is 6.61 Å².